The van der Waals surface area contributed by atoms with Gasteiger partial charge in [-0.05, 0) is 13.3 Å². The van der Waals surface area contributed by atoms with E-state index in [0.29, 0.717) is 18.7 Å². The summed E-state index contributed by atoms with van der Waals surface area (Å²) in [6.07, 6.45) is 1.53. The predicted molar refractivity (Wildman–Crippen MR) is 59.0 cm³/mol. The number of carbonyl (C=O) groups is 1. The van der Waals surface area contributed by atoms with E-state index >= 15 is 0 Å². The molecule has 0 amide bonds. The third kappa shape index (κ3) is 1.71. The molecular weight excluding hydrogens is 188 g/mol. The first-order valence-electron chi connectivity index (χ1n) is 5.48. The van der Waals surface area contributed by atoms with Gasteiger partial charge in [0.1, 0.15) is 5.82 Å². The Morgan fingerprint density at radius 3 is 2.53 bits per heavy atom. The minimum absolute atomic E-state index is 0.0145. The molecule has 1 aromatic heterocycles. The van der Waals surface area contributed by atoms with Crippen molar-refractivity contribution in [2.45, 2.75) is 52.5 Å². The zero-order valence-electron chi connectivity index (χ0n) is 9.92. The van der Waals surface area contributed by atoms with Gasteiger partial charge in [0.05, 0.1) is 12.2 Å². The maximum Gasteiger partial charge on any atom is 0.152 e. The number of imidazole rings is 1. The summed E-state index contributed by atoms with van der Waals surface area (Å²) in [5.41, 5.74) is 2.35. The highest BCUT2D eigenvalue weighted by Crippen LogP contribution is 2.27. The Kier molecular flexibility index (Phi) is 2.21. The van der Waals surface area contributed by atoms with Crippen molar-refractivity contribution in [3.8, 4) is 0 Å². The molecule has 0 atom stereocenters. The fourth-order valence-electron chi connectivity index (χ4n) is 2.18. The lowest BCUT2D eigenvalue weighted by Crippen LogP contribution is -2.26. The van der Waals surface area contributed by atoms with E-state index in [0.717, 1.165) is 17.9 Å². The van der Waals surface area contributed by atoms with Gasteiger partial charge in [0, 0.05) is 17.5 Å². The van der Waals surface area contributed by atoms with Gasteiger partial charge in [-0.25, -0.2) is 4.98 Å². The molecule has 0 bridgehead atoms. The van der Waals surface area contributed by atoms with Crippen LogP contribution >= 0.6 is 0 Å². The van der Waals surface area contributed by atoms with Gasteiger partial charge in [-0.3, -0.25) is 4.79 Å². The molecule has 0 spiro atoms. The van der Waals surface area contributed by atoms with E-state index in [9.17, 15) is 4.79 Å². The summed E-state index contributed by atoms with van der Waals surface area (Å²) in [6, 6.07) is 0. The Bertz CT molecular complexity index is 410. The number of hydrogen-bond donors (Lipinski definition) is 0. The maximum atomic E-state index is 11.5. The van der Waals surface area contributed by atoms with Crippen LogP contribution in [0.4, 0.5) is 0 Å². The summed E-state index contributed by atoms with van der Waals surface area (Å²) in [4.78, 5) is 16.1. The first-order valence-corrected chi connectivity index (χ1v) is 5.48. The quantitative estimate of drug-likeness (QED) is 0.650. The largest absolute Gasteiger partial charge is 0.324 e. The number of nitrogens with zero attached hydrogens (tertiary/aromatic N) is 2. The molecule has 0 aliphatic carbocycles. The highest BCUT2D eigenvalue weighted by Gasteiger charge is 2.27. The van der Waals surface area contributed by atoms with E-state index in [1.165, 1.54) is 5.69 Å². The molecule has 0 N–H and O–H groups in total. The van der Waals surface area contributed by atoms with Gasteiger partial charge in [0.15, 0.2) is 5.78 Å². The third-order valence-corrected chi connectivity index (χ3v) is 2.92. The molecule has 1 aliphatic heterocycles. The van der Waals surface area contributed by atoms with Crippen LogP contribution < -0.4 is 0 Å². The first kappa shape index (κ1) is 10.4. The highest BCUT2D eigenvalue weighted by atomic mass is 16.1. The predicted octanol–water partition coefficient (Wildman–Crippen LogP) is 2.00. The maximum absolute atomic E-state index is 11.5. The van der Waals surface area contributed by atoms with Crippen LogP contribution in [-0.2, 0) is 23.2 Å². The molecule has 3 heteroatoms. The van der Waals surface area contributed by atoms with Crippen molar-refractivity contribution in [2.24, 2.45) is 0 Å². The summed E-state index contributed by atoms with van der Waals surface area (Å²) < 4.78 is 2.11. The molecule has 0 saturated heterocycles. The van der Waals surface area contributed by atoms with Crippen molar-refractivity contribution in [1.29, 1.82) is 0 Å². The summed E-state index contributed by atoms with van der Waals surface area (Å²) >= 11 is 0. The molecule has 1 aromatic rings. The van der Waals surface area contributed by atoms with Crippen LogP contribution in [0.1, 0.15) is 44.4 Å². The molecule has 2 rings (SSSR count). The van der Waals surface area contributed by atoms with Gasteiger partial charge in [-0.15, -0.1) is 0 Å². The van der Waals surface area contributed by atoms with Crippen LogP contribution in [0.5, 0.6) is 0 Å². The summed E-state index contributed by atoms with van der Waals surface area (Å²) in [7, 11) is 0. The zero-order valence-corrected chi connectivity index (χ0v) is 9.92. The number of carbonyl (C=O) groups excluding carboxylic acids is 1. The number of aromatic nitrogens is 2. The normalized spacial score (nSPS) is 16.7. The zero-order chi connectivity index (χ0) is 11.2. The second-order valence-corrected chi connectivity index (χ2v) is 5.34. The molecular formula is C12H18N2O. The van der Waals surface area contributed by atoms with E-state index < -0.39 is 0 Å². The summed E-state index contributed by atoms with van der Waals surface area (Å²) in [6.45, 7) is 8.98. The number of aryl methyl sites for hydroxylation is 1. The van der Waals surface area contributed by atoms with Crippen LogP contribution in [0.3, 0.4) is 0 Å². The molecule has 0 radical (unpaired) electrons. The van der Waals surface area contributed by atoms with E-state index in [-0.39, 0.29) is 5.41 Å². The first-order chi connectivity index (χ1) is 6.89. The standard InChI is InChI=1S/C12H18N2O/c1-8-10-6-5-9(15)7-14(10)11(13-8)12(2,3)4/h5-7H2,1-4H3. The average Bonchev–Trinajstić information content (AvgIpc) is 2.42. The van der Waals surface area contributed by atoms with E-state index in [2.05, 4.69) is 30.3 Å². The Hall–Kier alpha value is -1.12. The number of Topliss-reactive ketones (excluding diaryl/α,β-unsaturated/α-hetero) is 1. The second-order valence-electron chi connectivity index (χ2n) is 5.34. The molecule has 1 aliphatic rings. The van der Waals surface area contributed by atoms with Crippen LogP contribution in [-0.4, -0.2) is 15.3 Å². The Morgan fingerprint density at radius 2 is 1.93 bits per heavy atom. The lowest BCUT2D eigenvalue weighted by atomic mass is 9.95. The molecule has 3 nitrogen and oxygen atoms in total. The summed E-state index contributed by atoms with van der Waals surface area (Å²) in [5, 5.41) is 0. The smallest absolute Gasteiger partial charge is 0.152 e. The van der Waals surface area contributed by atoms with Crippen LogP contribution in [0.25, 0.3) is 0 Å². The number of fused-ring (bicyclic) bond motifs is 1. The fraction of sp³-hybridized carbons (Fsp3) is 0.667. The Balaban J connectivity index is 2.55. The van der Waals surface area contributed by atoms with Gasteiger partial charge >= 0.3 is 0 Å². The van der Waals surface area contributed by atoms with Crippen molar-refractivity contribution in [1.82, 2.24) is 9.55 Å². The topological polar surface area (TPSA) is 34.9 Å². The highest BCUT2D eigenvalue weighted by molar-refractivity contribution is 5.79. The van der Waals surface area contributed by atoms with E-state index in [1.54, 1.807) is 0 Å². The minimum atomic E-state index is 0.0145. The SMILES string of the molecule is Cc1nc(C(C)(C)C)n2c1CCC(=O)C2. The van der Waals surface area contributed by atoms with E-state index in [1.807, 2.05) is 6.92 Å². The Morgan fingerprint density at radius 1 is 1.27 bits per heavy atom. The van der Waals surface area contributed by atoms with Gasteiger partial charge < -0.3 is 4.57 Å². The number of ketones is 1. The monoisotopic (exact) mass is 206 g/mol. The van der Waals surface area contributed by atoms with Crippen molar-refractivity contribution in [2.75, 3.05) is 0 Å². The number of rotatable bonds is 0. The third-order valence-electron chi connectivity index (χ3n) is 2.92. The summed E-state index contributed by atoms with van der Waals surface area (Å²) in [5.74, 6) is 1.37. The average molecular weight is 206 g/mol. The second kappa shape index (κ2) is 3.19. The molecule has 0 saturated carbocycles. The van der Waals surface area contributed by atoms with E-state index in [4.69, 9.17) is 0 Å². The molecule has 0 unspecified atom stereocenters. The van der Waals surface area contributed by atoms with Crippen molar-refractivity contribution in [3.05, 3.63) is 17.2 Å². The van der Waals surface area contributed by atoms with Gasteiger partial charge in [0.25, 0.3) is 0 Å². The molecule has 82 valence electrons. The Labute approximate surface area is 90.5 Å². The van der Waals surface area contributed by atoms with Crippen molar-refractivity contribution < 1.29 is 4.79 Å². The van der Waals surface area contributed by atoms with Gasteiger partial charge in [-0.1, -0.05) is 20.8 Å². The van der Waals surface area contributed by atoms with Crippen LogP contribution in [0.2, 0.25) is 0 Å². The van der Waals surface area contributed by atoms with Gasteiger partial charge in [-0.2, -0.15) is 0 Å². The fourth-order valence-corrected chi connectivity index (χ4v) is 2.18. The lowest BCUT2D eigenvalue weighted by molar-refractivity contribution is -0.120. The minimum Gasteiger partial charge on any atom is -0.324 e. The van der Waals surface area contributed by atoms with Crippen molar-refractivity contribution >= 4 is 5.78 Å². The van der Waals surface area contributed by atoms with Crippen molar-refractivity contribution in [3.63, 3.8) is 0 Å². The molecule has 0 aromatic carbocycles. The lowest BCUT2D eigenvalue weighted by Gasteiger charge is -2.23. The number of hydrogen-bond acceptors (Lipinski definition) is 2. The van der Waals surface area contributed by atoms with Crippen LogP contribution in [0.15, 0.2) is 0 Å². The van der Waals surface area contributed by atoms with Gasteiger partial charge in [0.2, 0.25) is 0 Å². The molecule has 2 heterocycles. The molecule has 0 fully saturated rings. The molecule has 15 heavy (non-hydrogen) atoms. The van der Waals surface area contributed by atoms with Crippen LogP contribution in [0, 0.1) is 6.92 Å².